The first-order valence-electron chi connectivity index (χ1n) is 6.13. The number of nitrogens with one attached hydrogen (secondary N) is 1. The van der Waals surface area contributed by atoms with Crippen LogP contribution in [0.2, 0.25) is 0 Å². The summed E-state index contributed by atoms with van der Waals surface area (Å²) in [5.41, 5.74) is 0.0254. The second-order valence-corrected chi connectivity index (χ2v) is 4.17. The average Bonchev–Trinajstić information content (AvgIpc) is 2.39. The highest BCUT2D eigenvalue weighted by Gasteiger charge is 2.18. The molecule has 0 fully saturated rings. The summed E-state index contributed by atoms with van der Waals surface area (Å²) in [5, 5.41) is 13.8. The Bertz CT molecular complexity index is 439. The highest BCUT2D eigenvalue weighted by molar-refractivity contribution is 5.56. The maximum Gasteiger partial charge on any atom is 0.276 e. The van der Waals surface area contributed by atoms with E-state index < -0.39 is 4.92 Å². The van der Waals surface area contributed by atoms with Crippen LogP contribution >= 0.6 is 0 Å². The Labute approximate surface area is 112 Å². The van der Waals surface area contributed by atoms with Crippen LogP contribution in [0.15, 0.2) is 12.1 Å². The fourth-order valence-corrected chi connectivity index (χ4v) is 1.91. The molecule has 1 aromatic heterocycles. The van der Waals surface area contributed by atoms with Crippen molar-refractivity contribution in [2.24, 2.45) is 0 Å². The van der Waals surface area contributed by atoms with Crippen LogP contribution in [-0.2, 0) is 4.74 Å². The highest BCUT2D eigenvalue weighted by atomic mass is 16.6. The summed E-state index contributed by atoms with van der Waals surface area (Å²) in [6.45, 7) is 5.20. The van der Waals surface area contributed by atoms with Gasteiger partial charge in [-0.05, 0) is 13.8 Å². The van der Waals surface area contributed by atoms with E-state index >= 15 is 0 Å². The van der Waals surface area contributed by atoms with Crippen molar-refractivity contribution in [2.45, 2.75) is 19.9 Å². The Balaban J connectivity index is 3.15. The number of pyridine rings is 1. The fraction of sp³-hybridized carbons (Fsp3) is 0.583. The normalized spacial score (nSPS) is 12.0. The maximum atomic E-state index is 10.9. The third-order valence-corrected chi connectivity index (χ3v) is 2.84. The maximum absolute atomic E-state index is 10.9. The van der Waals surface area contributed by atoms with Gasteiger partial charge in [0.15, 0.2) is 0 Å². The monoisotopic (exact) mass is 268 g/mol. The lowest BCUT2D eigenvalue weighted by Crippen LogP contribution is -2.36. The van der Waals surface area contributed by atoms with Crippen molar-refractivity contribution in [3.05, 3.63) is 22.2 Å². The van der Waals surface area contributed by atoms with Gasteiger partial charge < -0.3 is 15.0 Å². The number of hydrogen-bond donors (Lipinski definition) is 1. The number of nitro groups is 1. The molecule has 1 aromatic rings. The molecule has 1 rings (SSSR count). The van der Waals surface area contributed by atoms with Gasteiger partial charge in [-0.2, -0.15) is 0 Å². The molecule has 0 amide bonds. The Kier molecular flexibility index (Phi) is 5.50. The van der Waals surface area contributed by atoms with Crippen molar-refractivity contribution in [1.29, 1.82) is 0 Å². The molecule has 1 atom stereocenters. The zero-order valence-electron chi connectivity index (χ0n) is 11.7. The molecule has 0 saturated carbocycles. The van der Waals surface area contributed by atoms with E-state index in [9.17, 15) is 10.1 Å². The molecule has 1 unspecified atom stereocenters. The Morgan fingerprint density at radius 2 is 2.26 bits per heavy atom. The Morgan fingerprint density at radius 3 is 2.74 bits per heavy atom. The lowest BCUT2D eigenvalue weighted by atomic mass is 10.2. The standard InChI is InChI=1S/C12H20N4O3/c1-5-15(9(2)8-19-4)12-7-10(16(17)18)6-11(13-3)14-12/h6-7,9H,5,8H2,1-4H3,(H,13,14). The van der Waals surface area contributed by atoms with E-state index in [1.807, 2.05) is 18.7 Å². The highest BCUT2D eigenvalue weighted by Crippen LogP contribution is 2.24. The van der Waals surface area contributed by atoms with Crippen molar-refractivity contribution in [3.63, 3.8) is 0 Å². The van der Waals surface area contributed by atoms with Gasteiger partial charge in [0.2, 0.25) is 0 Å². The van der Waals surface area contributed by atoms with Gasteiger partial charge in [0.1, 0.15) is 11.6 Å². The number of methoxy groups -OCH3 is 1. The molecule has 106 valence electrons. The largest absolute Gasteiger partial charge is 0.383 e. The van der Waals surface area contributed by atoms with E-state index in [-0.39, 0.29) is 11.7 Å². The summed E-state index contributed by atoms with van der Waals surface area (Å²) < 4.78 is 5.12. The lowest BCUT2D eigenvalue weighted by molar-refractivity contribution is -0.384. The number of likely N-dealkylation sites (N-methyl/N-ethyl adjacent to an activating group) is 1. The lowest BCUT2D eigenvalue weighted by Gasteiger charge is -2.28. The van der Waals surface area contributed by atoms with Gasteiger partial charge in [0.05, 0.1) is 29.7 Å². The second kappa shape index (κ2) is 6.89. The molecular formula is C12H20N4O3. The van der Waals surface area contributed by atoms with Crippen LogP contribution in [-0.4, -0.2) is 43.3 Å². The molecular weight excluding hydrogens is 248 g/mol. The third kappa shape index (κ3) is 3.78. The topological polar surface area (TPSA) is 80.5 Å². The van der Waals surface area contributed by atoms with Gasteiger partial charge in [0.25, 0.3) is 5.69 Å². The van der Waals surface area contributed by atoms with Gasteiger partial charge >= 0.3 is 0 Å². The summed E-state index contributed by atoms with van der Waals surface area (Å²) >= 11 is 0. The Morgan fingerprint density at radius 1 is 1.58 bits per heavy atom. The van der Waals surface area contributed by atoms with Crippen LogP contribution < -0.4 is 10.2 Å². The minimum absolute atomic E-state index is 0.0254. The minimum Gasteiger partial charge on any atom is -0.383 e. The van der Waals surface area contributed by atoms with Gasteiger partial charge in [-0.15, -0.1) is 0 Å². The number of anilines is 2. The van der Waals surface area contributed by atoms with E-state index in [0.29, 0.717) is 24.8 Å². The van der Waals surface area contributed by atoms with Crippen molar-refractivity contribution < 1.29 is 9.66 Å². The van der Waals surface area contributed by atoms with E-state index in [1.165, 1.54) is 12.1 Å². The van der Waals surface area contributed by atoms with Gasteiger partial charge in [0, 0.05) is 20.7 Å². The summed E-state index contributed by atoms with van der Waals surface area (Å²) in [5.74, 6) is 1.05. The van der Waals surface area contributed by atoms with Gasteiger partial charge in [-0.25, -0.2) is 4.98 Å². The van der Waals surface area contributed by atoms with Crippen LogP contribution in [0.1, 0.15) is 13.8 Å². The molecule has 0 saturated heterocycles. The van der Waals surface area contributed by atoms with Crippen molar-refractivity contribution >= 4 is 17.3 Å². The predicted molar refractivity (Wildman–Crippen MR) is 74.8 cm³/mol. The van der Waals surface area contributed by atoms with E-state index in [0.717, 1.165) is 0 Å². The van der Waals surface area contributed by atoms with Gasteiger partial charge in [-0.1, -0.05) is 0 Å². The third-order valence-electron chi connectivity index (χ3n) is 2.84. The van der Waals surface area contributed by atoms with Crippen LogP contribution in [0, 0.1) is 10.1 Å². The minimum atomic E-state index is -0.416. The van der Waals surface area contributed by atoms with Crippen LogP contribution in [0.5, 0.6) is 0 Å². The van der Waals surface area contributed by atoms with Crippen molar-refractivity contribution in [1.82, 2.24) is 4.98 Å². The van der Waals surface area contributed by atoms with Crippen LogP contribution in [0.3, 0.4) is 0 Å². The summed E-state index contributed by atoms with van der Waals surface area (Å²) in [6, 6.07) is 2.99. The first-order chi connectivity index (χ1) is 9.03. The van der Waals surface area contributed by atoms with Crippen molar-refractivity contribution in [3.8, 4) is 0 Å². The van der Waals surface area contributed by atoms with Gasteiger partial charge in [-0.3, -0.25) is 10.1 Å². The number of aromatic nitrogens is 1. The van der Waals surface area contributed by atoms with Crippen molar-refractivity contribution in [2.75, 3.05) is 37.5 Å². The molecule has 0 aliphatic carbocycles. The second-order valence-electron chi connectivity index (χ2n) is 4.17. The molecule has 1 N–H and O–H groups in total. The molecule has 0 radical (unpaired) electrons. The van der Waals surface area contributed by atoms with E-state index in [2.05, 4.69) is 10.3 Å². The molecule has 1 heterocycles. The molecule has 0 aliphatic rings. The molecule has 0 aromatic carbocycles. The predicted octanol–water partition coefficient (Wildman–Crippen LogP) is 1.89. The molecule has 7 nitrogen and oxygen atoms in total. The molecule has 0 bridgehead atoms. The van der Waals surface area contributed by atoms with E-state index in [4.69, 9.17) is 4.74 Å². The SMILES string of the molecule is CCN(c1cc([N+](=O)[O-])cc(NC)n1)C(C)COC. The number of ether oxygens (including phenoxy) is 1. The molecule has 19 heavy (non-hydrogen) atoms. The summed E-state index contributed by atoms with van der Waals surface area (Å²) in [4.78, 5) is 16.9. The summed E-state index contributed by atoms with van der Waals surface area (Å²) in [6.07, 6.45) is 0. The summed E-state index contributed by atoms with van der Waals surface area (Å²) in [7, 11) is 3.31. The number of nitrogens with zero attached hydrogens (tertiary/aromatic N) is 3. The van der Waals surface area contributed by atoms with Crippen LogP contribution in [0.25, 0.3) is 0 Å². The Hall–Kier alpha value is -1.89. The fourth-order valence-electron chi connectivity index (χ4n) is 1.91. The zero-order valence-corrected chi connectivity index (χ0v) is 11.7. The average molecular weight is 268 g/mol. The number of rotatable bonds is 7. The zero-order chi connectivity index (χ0) is 14.4. The molecule has 0 aliphatic heterocycles. The first-order valence-corrected chi connectivity index (χ1v) is 6.13. The number of hydrogen-bond acceptors (Lipinski definition) is 6. The first kappa shape index (κ1) is 15.2. The van der Waals surface area contributed by atoms with E-state index in [1.54, 1.807) is 14.2 Å². The molecule has 0 spiro atoms. The smallest absolute Gasteiger partial charge is 0.276 e. The quantitative estimate of drug-likeness (QED) is 0.601. The molecule has 7 heteroatoms. The van der Waals surface area contributed by atoms with Crippen LogP contribution in [0.4, 0.5) is 17.3 Å².